The molecule has 2 N–H and O–H groups in total. The molecule has 1 aliphatic carbocycles. The van der Waals surface area contributed by atoms with Crippen molar-refractivity contribution in [2.24, 2.45) is 0 Å². The second kappa shape index (κ2) is 8.04. The molecule has 0 aromatic heterocycles. The van der Waals surface area contributed by atoms with Gasteiger partial charge in [-0.15, -0.1) is 0 Å². The van der Waals surface area contributed by atoms with Crippen LogP contribution < -0.4 is 5.32 Å². The van der Waals surface area contributed by atoms with Crippen molar-refractivity contribution < 1.29 is 5.11 Å². The van der Waals surface area contributed by atoms with Gasteiger partial charge in [0, 0.05) is 6.04 Å². The Labute approximate surface area is 100 Å². The summed E-state index contributed by atoms with van der Waals surface area (Å²) in [7, 11) is 4.23. The third kappa shape index (κ3) is 5.83. The van der Waals surface area contributed by atoms with Crippen molar-refractivity contribution in [3.05, 3.63) is 0 Å². The van der Waals surface area contributed by atoms with Crippen LogP contribution >= 0.6 is 0 Å². The van der Waals surface area contributed by atoms with Crippen molar-refractivity contribution in [2.75, 3.05) is 27.2 Å². The SMILES string of the molecule is CN(C)CCCCNC1CCCCCC1O. The minimum Gasteiger partial charge on any atom is -0.392 e. The Morgan fingerprint density at radius 1 is 1.12 bits per heavy atom. The fraction of sp³-hybridized carbons (Fsp3) is 1.00. The van der Waals surface area contributed by atoms with Crippen LogP contribution in [0.15, 0.2) is 0 Å². The third-order valence-corrected chi connectivity index (χ3v) is 3.42. The number of unbranched alkanes of at least 4 members (excludes halogenated alkanes) is 1. The standard InChI is InChI=1S/C13H28N2O/c1-15(2)11-7-6-10-14-12-8-4-3-5-9-13(12)16/h12-14,16H,3-11H2,1-2H3. The molecule has 0 aromatic carbocycles. The van der Waals surface area contributed by atoms with Gasteiger partial charge in [-0.1, -0.05) is 19.3 Å². The lowest BCUT2D eigenvalue weighted by Crippen LogP contribution is -2.39. The summed E-state index contributed by atoms with van der Waals surface area (Å²) in [6, 6.07) is 0.349. The van der Waals surface area contributed by atoms with Crippen LogP contribution in [0.4, 0.5) is 0 Å². The number of hydrogen-bond acceptors (Lipinski definition) is 3. The van der Waals surface area contributed by atoms with Crippen molar-refractivity contribution in [1.29, 1.82) is 0 Å². The Balaban J connectivity index is 2.06. The Morgan fingerprint density at radius 2 is 1.88 bits per heavy atom. The smallest absolute Gasteiger partial charge is 0.0693 e. The molecule has 3 nitrogen and oxygen atoms in total. The minimum absolute atomic E-state index is 0.114. The molecular formula is C13H28N2O. The average molecular weight is 228 g/mol. The normalized spacial score (nSPS) is 27.0. The topological polar surface area (TPSA) is 35.5 Å². The first-order valence-corrected chi connectivity index (χ1v) is 6.76. The zero-order valence-corrected chi connectivity index (χ0v) is 10.9. The molecule has 0 spiro atoms. The molecule has 0 amide bonds. The Hall–Kier alpha value is -0.120. The number of aliphatic hydroxyl groups is 1. The van der Waals surface area contributed by atoms with E-state index in [0.717, 1.165) is 25.9 Å². The van der Waals surface area contributed by atoms with E-state index in [0.29, 0.717) is 6.04 Å². The highest BCUT2D eigenvalue weighted by Crippen LogP contribution is 2.17. The van der Waals surface area contributed by atoms with E-state index >= 15 is 0 Å². The highest BCUT2D eigenvalue weighted by atomic mass is 16.3. The molecule has 2 atom stereocenters. The lowest BCUT2D eigenvalue weighted by Gasteiger charge is -2.22. The zero-order chi connectivity index (χ0) is 11.8. The van der Waals surface area contributed by atoms with Crippen LogP contribution in [0.2, 0.25) is 0 Å². The van der Waals surface area contributed by atoms with Crippen molar-refractivity contribution >= 4 is 0 Å². The first-order chi connectivity index (χ1) is 7.70. The number of nitrogens with zero attached hydrogens (tertiary/aromatic N) is 1. The first-order valence-electron chi connectivity index (χ1n) is 6.76. The van der Waals surface area contributed by atoms with Crippen LogP contribution in [-0.2, 0) is 0 Å². The lowest BCUT2D eigenvalue weighted by molar-refractivity contribution is 0.120. The summed E-state index contributed by atoms with van der Waals surface area (Å²) in [6.07, 6.45) is 8.22. The van der Waals surface area contributed by atoms with Gasteiger partial charge in [-0.3, -0.25) is 0 Å². The number of aliphatic hydroxyl groups excluding tert-OH is 1. The third-order valence-electron chi connectivity index (χ3n) is 3.42. The second-order valence-corrected chi connectivity index (χ2v) is 5.28. The number of nitrogens with one attached hydrogen (secondary N) is 1. The summed E-state index contributed by atoms with van der Waals surface area (Å²) in [5.41, 5.74) is 0. The average Bonchev–Trinajstić information content (AvgIpc) is 2.43. The van der Waals surface area contributed by atoms with Crippen molar-refractivity contribution in [2.45, 2.75) is 57.1 Å². The van der Waals surface area contributed by atoms with Crippen molar-refractivity contribution in [3.63, 3.8) is 0 Å². The van der Waals surface area contributed by atoms with Gasteiger partial charge in [-0.2, -0.15) is 0 Å². The van der Waals surface area contributed by atoms with Crippen LogP contribution in [0, 0.1) is 0 Å². The summed E-state index contributed by atoms with van der Waals surface area (Å²) in [5, 5.41) is 13.4. The summed E-state index contributed by atoms with van der Waals surface area (Å²) in [6.45, 7) is 2.21. The molecule has 1 fully saturated rings. The van der Waals surface area contributed by atoms with Crippen molar-refractivity contribution in [3.8, 4) is 0 Å². The van der Waals surface area contributed by atoms with Crippen molar-refractivity contribution in [1.82, 2.24) is 10.2 Å². The Morgan fingerprint density at radius 3 is 2.62 bits per heavy atom. The maximum atomic E-state index is 9.92. The van der Waals surface area contributed by atoms with Gasteiger partial charge >= 0.3 is 0 Å². The number of rotatable bonds is 6. The van der Waals surface area contributed by atoms with E-state index in [1.165, 1.54) is 32.1 Å². The van der Waals surface area contributed by atoms with E-state index in [1.54, 1.807) is 0 Å². The molecule has 1 saturated carbocycles. The molecule has 1 aliphatic rings. The van der Waals surface area contributed by atoms with Gasteiger partial charge in [0.15, 0.2) is 0 Å². The summed E-state index contributed by atoms with van der Waals surface area (Å²) >= 11 is 0. The molecule has 0 radical (unpaired) electrons. The predicted octanol–water partition coefficient (Wildman–Crippen LogP) is 1.61. The van der Waals surface area contributed by atoms with Crippen LogP contribution in [0.5, 0.6) is 0 Å². The molecule has 96 valence electrons. The summed E-state index contributed by atoms with van der Waals surface area (Å²) in [5.74, 6) is 0. The molecular weight excluding hydrogens is 200 g/mol. The predicted molar refractivity (Wildman–Crippen MR) is 68.7 cm³/mol. The monoisotopic (exact) mass is 228 g/mol. The maximum Gasteiger partial charge on any atom is 0.0693 e. The molecule has 2 unspecified atom stereocenters. The molecule has 0 aliphatic heterocycles. The Bertz CT molecular complexity index is 173. The van der Waals surface area contributed by atoms with Crippen LogP contribution in [0.1, 0.15) is 44.9 Å². The van der Waals surface area contributed by atoms with E-state index in [2.05, 4.69) is 24.3 Å². The van der Waals surface area contributed by atoms with E-state index in [4.69, 9.17) is 0 Å². The van der Waals surface area contributed by atoms with Crippen LogP contribution in [0.3, 0.4) is 0 Å². The lowest BCUT2D eigenvalue weighted by atomic mass is 10.1. The van der Waals surface area contributed by atoms with Gasteiger partial charge in [0.05, 0.1) is 6.10 Å². The van der Waals surface area contributed by atoms with Gasteiger partial charge < -0.3 is 15.3 Å². The van der Waals surface area contributed by atoms with E-state index in [-0.39, 0.29) is 6.10 Å². The highest BCUT2D eigenvalue weighted by Gasteiger charge is 2.20. The zero-order valence-electron chi connectivity index (χ0n) is 10.9. The summed E-state index contributed by atoms with van der Waals surface area (Å²) < 4.78 is 0. The van der Waals surface area contributed by atoms with Crippen LogP contribution in [0.25, 0.3) is 0 Å². The number of hydrogen-bond donors (Lipinski definition) is 2. The molecule has 0 saturated heterocycles. The fourth-order valence-electron chi connectivity index (χ4n) is 2.37. The molecule has 0 heterocycles. The quantitative estimate of drug-likeness (QED) is 0.535. The van der Waals surface area contributed by atoms with E-state index < -0.39 is 0 Å². The Kier molecular flexibility index (Phi) is 7.01. The van der Waals surface area contributed by atoms with Gasteiger partial charge in [0.2, 0.25) is 0 Å². The van der Waals surface area contributed by atoms with E-state index in [1.807, 2.05) is 0 Å². The molecule has 0 bridgehead atoms. The fourth-order valence-corrected chi connectivity index (χ4v) is 2.37. The molecule has 1 rings (SSSR count). The van der Waals surface area contributed by atoms with Gasteiger partial charge in [-0.05, 0) is 52.9 Å². The van der Waals surface area contributed by atoms with Gasteiger partial charge in [0.25, 0.3) is 0 Å². The maximum absolute atomic E-state index is 9.92. The van der Waals surface area contributed by atoms with Gasteiger partial charge in [0.1, 0.15) is 0 Å². The highest BCUT2D eigenvalue weighted by molar-refractivity contribution is 4.78. The summed E-state index contributed by atoms with van der Waals surface area (Å²) in [4.78, 5) is 2.22. The minimum atomic E-state index is -0.114. The first kappa shape index (κ1) is 13.9. The van der Waals surface area contributed by atoms with E-state index in [9.17, 15) is 5.11 Å². The van der Waals surface area contributed by atoms with Crippen LogP contribution in [-0.4, -0.2) is 49.3 Å². The molecule has 16 heavy (non-hydrogen) atoms. The largest absolute Gasteiger partial charge is 0.392 e. The van der Waals surface area contributed by atoms with Gasteiger partial charge in [-0.25, -0.2) is 0 Å². The molecule has 3 heteroatoms. The molecule has 0 aromatic rings. The second-order valence-electron chi connectivity index (χ2n) is 5.28.